The second kappa shape index (κ2) is 9.07. The van der Waals surface area contributed by atoms with Crippen LogP contribution in [0.25, 0.3) is 0 Å². The summed E-state index contributed by atoms with van der Waals surface area (Å²) in [7, 11) is 0. The highest BCUT2D eigenvalue weighted by Gasteiger charge is 2.45. The predicted molar refractivity (Wildman–Crippen MR) is 108 cm³/mol. The van der Waals surface area contributed by atoms with Crippen LogP contribution in [0.1, 0.15) is 44.6 Å². The van der Waals surface area contributed by atoms with E-state index in [1.165, 1.54) is 0 Å². The first-order valence-corrected chi connectivity index (χ1v) is 10.5. The number of benzene rings is 1. The molecule has 0 unspecified atom stereocenters. The number of likely N-dealkylation sites (N-methyl/N-ethyl adjacent to an activating group) is 1. The third-order valence-electron chi connectivity index (χ3n) is 5.88. The number of carbonyl (C=O) groups excluding carboxylic acids is 2. The van der Waals surface area contributed by atoms with Crippen LogP contribution in [0.4, 0.5) is 0 Å². The molecule has 0 radical (unpaired) electrons. The third-order valence-corrected chi connectivity index (χ3v) is 6.13. The fourth-order valence-electron chi connectivity index (χ4n) is 4.46. The van der Waals surface area contributed by atoms with E-state index in [0.29, 0.717) is 24.7 Å². The van der Waals surface area contributed by atoms with Crippen LogP contribution in [0.2, 0.25) is 5.02 Å². The van der Waals surface area contributed by atoms with Gasteiger partial charge in [0.2, 0.25) is 11.8 Å². The van der Waals surface area contributed by atoms with Gasteiger partial charge in [-0.05, 0) is 43.9 Å². The third kappa shape index (κ3) is 4.64. The van der Waals surface area contributed by atoms with Crippen molar-refractivity contribution >= 4 is 23.4 Å². The van der Waals surface area contributed by atoms with Crippen LogP contribution in [0.5, 0.6) is 0 Å². The number of halogens is 1. The molecule has 2 fully saturated rings. The highest BCUT2D eigenvalue weighted by molar-refractivity contribution is 6.30. The van der Waals surface area contributed by atoms with Crippen LogP contribution in [0, 0.1) is 0 Å². The Bertz CT molecular complexity index is 656. The highest BCUT2D eigenvalue weighted by Crippen LogP contribution is 2.43. The van der Waals surface area contributed by atoms with Gasteiger partial charge in [0.05, 0.1) is 12.0 Å². The lowest BCUT2D eigenvalue weighted by atomic mass is 9.77. The lowest BCUT2D eigenvalue weighted by molar-refractivity contribution is -0.137. The van der Waals surface area contributed by atoms with Gasteiger partial charge in [-0.25, -0.2) is 0 Å². The smallest absolute Gasteiger partial charge is 0.234 e. The van der Waals surface area contributed by atoms with Gasteiger partial charge < -0.3 is 10.2 Å². The molecule has 1 aliphatic heterocycles. The Morgan fingerprint density at radius 1 is 1.04 bits per heavy atom. The van der Waals surface area contributed by atoms with E-state index in [2.05, 4.69) is 10.2 Å². The maximum absolute atomic E-state index is 13.6. The van der Waals surface area contributed by atoms with E-state index in [9.17, 15) is 9.59 Å². The van der Waals surface area contributed by atoms with Crippen LogP contribution in [-0.2, 0) is 15.0 Å². The zero-order valence-corrected chi connectivity index (χ0v) is 16.9. The zero-order valence-electron chi connectivity index (χ0n) is 16.2. The molecule has 1 N–H and O–H groups in total. The quantitative estimate of drug-likeness (QED) is 0.839. The van der Waals surface area contributed by atoms with Crippen molar-refractivity contribution in [3.63, 3.8) is 0 Å². The standard InChI is InChI=1S/C21H30ClN3O2/c1-2-23-19(26)16-24-12-5-13-25(15-14-24)20(27)21(10-3-4-11-21)17-6-8-18(22)9-7-17/h6-9H,2-5,10-16H2,1H3,(H,23,26). The van der Waals surface area contributed by atoms with E-state index in [0.717, 1.165) is 57.3 Å². The van der Waals surface area contributed by atoms with Crippen molar-refractivity contribution in [2.24, 2.45) is 0 Å². The first kappa shape index (κ1) is 20.2. The van der Waals surface area contributed by atoms with Crippen molar-refractivity contribution in [2.75, 3.05) is 39.3 Å². The fraction of sp³-hybridized carbons (Fsp3) is 0.619. The van der Waals surface area contributed by atoms with Crippen molar-refractivity contribution in [3.8, 4) is 0 Å². The highest BCUT2D eigenvalue weighted by atomic mass is 35.5. The molecule has 1 aromatic carbocycles. The predicted octanol–water partition coefficient (Wildman–Crippen LogP) is 2.82. The van der Waals surface area contributed by atoms with Gasteiger partial charge in [-0.1, -0.05) is 36.6 Å². The number of hydrogen-bond acceptors (Lipinski definition) is 3. The van der Waals surface area contributed by atoms with Gasteiger partial charge in [-0.2, -0.15) is 0 Å². The molecular formula is C21H30ClN3O2. The SMILES string of the molecule is CCNC(=O)CN1CCCN(C(=O)C2(c3ccc(Cl)cc3)CCCC2)CC1. The van der Waals surface area contributed by atoms with Gasteiger partial charge in [-0.3, -0.25) is 14.5 Å². The zero-order chi connectivity index (χ0) is 19.3. The van der Waals surface area contributed by atoms with Crippen LogP contribution in [0.15, 0.2) is 24.3 Å². The van der Waals surface area contributed by atoms with E-state index in [-0.39, 0.29) is 11.8 Å². The van der Waals surface area contributed by atoms with Crippen molar-refractivity contribution in [1.82, 2.24) is 15.1 Å². The molecule has 0 spiro atoms. The Hall–Kier alpha value is -1.59. The van der Waals surface area contributed by atoms with Crippen molar-refractivity contribution in [2.45, 2.75) is 44.4 Å². The Morgan fingerprint density at radius 3 is 2.41 bits per heavy atom. The first-order valence-electron chi connectivity index (χ1n) is 10.1. The summed E-state index contributed by atoms with van der Waals surface area (Å²) in [6, 6.07) is 7.82. The summed E-state index contributed by atoms with van der Waals surface area (Å²) in [6.45, 7) is 6.06. The van der Waals surface area contributed by atoms with E-state index in [4.69, 9.17) is 11.6 Å². The van der Waals surface area contributed by atoms with E-state index in [1.807, 2.05) is 36.1 Å². The number of amides is 2. The van der Waals surface area contributed by atoms with Gasteiger partial charge in [-0.15, -0.1) is 0 Å². The summed E-state index contributed by atoms with van der Waals surface area (Å²) in [4.78, 5) is 29.6. The minimum Gasteiger partial charge on any atom is -0.355 e. The minimum atomic E-state index is -0.403. The van der Waals surface area contributed by atoms with E-state index < -0.39 is 5.41 Å². The molecule has 0 aromatic heterocycles. The second-order valence-electron chi connectivity index (χ2n) is 7.67. The number of carbonyl (C=O) groups is 2. The molecule has 6 heteroatoms. The van der Waals surface area contributed by atoms with Gasteiger partial charge in [0.25, 0.3) is 0 Å². The van der Waals surface area contributed by atoms with Crippen molar-refractivity contribution in [3.05, 3.63) is 34.9 Å². The average Bonchev–Trinajstić information content (AvgIpc) is 3.04. The normalized spacial score (nSPS) is 20.3. The summed E-state index contributed by atoms with van der Waals surface area (Å²) < 4.78 is 0. The first-order chi connectivity index (χ1) is 13.0. The van der Waals surface area contributed by atoms with Gasteiger partial charge in [0.1, 0.15) is 0 Å². The molecule has 1 aromatic rings. The molecule has 1 aliphatic carbocycles. The topological polar surface area (TPSA) is 52.7 Å². The Balaban J connectivity index is 1.70. The van der Waals surface area contributed by atoms with Crippen LogP contribution < -0.4 is 5.32 Å². The maximum atomic E-state index is 13.6. The van der Waals surface area contributed by atoms with Crippen LogP contribution >= 0.6 is 11.6 Å². The summed E-state index contributed by atoms with van der Waals surface area (Å²) in [6.07, 6.45) is 4.90. The average molecular weight is 392 g/mol. The fourth-order valence-corrected chi connectivity index (χ4v) is 4.59. The largest absolute Gasteiger partial charge is 0.355 e. The second-order valence-corrected chi connectivity index (χ2v) is 8.11. The molecule has 0 atom stereocenters. The van der Waals surface area contributed by atoms with E-state index in [1.54, 1.807) is 0 Å². The van der Waals surface area contributed by atoms with Crippen LogP contribution in [-0.4, -0.2) is 60.9 Å². The molecule has 2 aliphatic rings. The molecule has 1 saturated carbocycles. The molecule has 0 bridgehead atoms. The number of nitrogens with zero attached hydrogens (tertiary/aromatic N) is 2. The summed E-state index contributed by atoms with van der Waals surface area (Å²) in [5.41, 5.74) is 0.692. The summed E-state index contributed by atoms with van der Waals surface area (Å²) in [5, 5.41) is 3.56. The lowest BCUT2D eigenvalue weighted by Gasteiger charge is -2.34. The molecule has 1 heterocycles. The molecule has 3 rings (SSSR count). The lowest BCUT2D eigenvalue weighted by Crippen LogP contribution is -2.47. The van der Waals surface area contributed by atoms with Crippen molar-refractivity contribution in [1.29, 1.82) is 0 Å². The van der Waals surface area contributed by atoms with E-state index >= 15 is 0 Å². The Morgan fingerprint density at radius 2 is 1.74 bits per heavy atom. The monoisotopic (exact) mass is 391 g/mol. The molecule has 5 nitrogen and oxygen atoms in total. The molecule has 27 heavy (non-hydrogen) atoms. The molecule has 1 saturated heterocycles. The number of rotatable bonds is 5. The molecule has 2 amide bonds. The number of hydrogen-bond donors (Lipinski definition) is 1. The molecule has 148 valence electrons. The maximum Gasteiger partial charge on any atom is 0.234 e. The minimum absolute atomic E-state index is 0.0608. The Labute approximate surface area is 167 Å². The van der Waals surface area contributed by atoms with Crippen molar-refractivity contribution < 1.29 is 9.59 Å². The summed E-state index contributed by atoms with van der Waals surface area (Å²) >= 11 is 6.06. The van der Waals surface area contributed by atoms with Crippen LogP contribution in [0.3, 0.4) is 0 Å². The van der Waals surface area contributed by atoms with Gasteiger partial charge in [0.15, 0.2) is 0 Å². The van der Waals surface area contributed by atoms with Gasteiger partial charge >= 0.3 is 0 Å². The Kier molecular flexibility index (Phi) is 6.77. The number of nitrogens with one attached hydrogen (secondary N) is 1. The molecular weight excluding hydrogens is 362 g/mol. The van der Waals surface area contributed by atoms with Gasteiger partial charge in [0, 0.05) is 37.7 Å². The summed E-state index contributed by atoms with van der Waals surface area (Å²) in [5.74, 6) is 0.313.